The lowest BCUT2D eigenvalue weighted by Crippen LogP contribution is -2.05. The van der Waals surface area contributed by atoms with Crippen LogP contribution in [0.1, 0.15) is 23.6 Å². The third-order valence-corrected chi connectivity index (χ3v) is 3.23. The van der Waals surface area contributed by atoms with Crippen LogP contribution < -0.4 is 5.32 Å². The minimum absolute atomic E-state index is 0.942. The number of hydrogen-bond acceptors (Lipinski definition) is 2. The summed E-state index contributed by atoms with van der Waals surface area (Å²) >= 11 is 0. The largest absolute Gasteiger partial charge is 0.385 e. The minimum Gasteiger partial charge on any atom is -0.385 e. The number of hydrogen-bond donors (Lipinski definition) is 1. The van der Waals surface area contributed by atoms with Gasteiger partial charge in [0.1, 0.15) is 0 Å². The zero-order valence-electron chi connectivity index (χ0n) is 11.4. The first-order valence-electron chi connectivity index (χ1n) is 6.50. The van der Waals surface area contributed by atoms with Crippen molar-refractivity contribution in [3.63, 3.8) is 0 Å². The standard InChI is InChI=1S/C15H21N3/c1-4-14-9-15(6-5-12(14)2)16-8-7-13-10-17-18(3)11-13/h5-6,9-11,16H,4,7-8H2,1-3H3. The number of rotatable bonds is 5. The average molecular weight is 243 g/mol. The van der Waals surface area contributed by atoms with E-state index < -0.39 is 0 Å². The predicted octanol–water partition coefficient (Wildman–Crippen LogP) is 2.95. The number of anilines is 1. The molecule has 0 saturated carbocycles. The lowest BCUT2D eigenvalue weighted by molar-refractivity contribution is 0.767. The molecule has 96 valence electrons. The van der Waals surface area contributed by atoms with Crippen LogP contribution in [-0.2, 0) is 19.9 Å². The smallest absolute Gasteiger partial charge is 0.0522 e. The van der Waals surface area contributed by atoms with Crippen molar-refractivity contribution in [2.75, 3.05) is 11.9 Å². The third-order valence-electron chi connectivity index (χ3n) is 3.23. The van der Waals surface area contributed by atoms with E-state index in [1.54, 1.807) is 0 Å². The van der Waals surface area contributed by atoms with Gasteiger partial charge < -0.3 is 5.32 Å². The Kier molecular flexibility index (Phi) is 4.03. The number of benzene rings is 1. The van der Waals surface area contributed by atoms with Crippen LogP contribution in [0.4, 0.5) is 5.69 Å². The summed E-state index contributed by atoms with van der Waals surface area (Å²) in [4.78, 5) is 0. The molecule has 0 radical (unpaired) electrons. The normalized spacial score (nSPS) is 10.6. The number of nitrogens with zero attached hydrogens (tertiary/aromatic N) is 2. The van der Waals surface area contributed by atoms with Gasteiger partial charge in [0.25, 0.3) is 0 Å². The van der Waals surface area contributed by atoms with E-state index in [1.165, 1.54) is 22.4 Å². The molecule has 1 aromatic heterocycles. The minimum atomic E-state index is 0.942. The van der Waals surface area contributed by atoms with Gasteiger partial charge in [-0.05, 0) is 48.6 Å². The monoisotopic (exact) mass is 243 g/mol. The lowest BCUT2D eigenvalue weighted by Gasteiger charge is -2.09. The maximum atomic E-state index is 4.17. The summed E-state index contributed by atoms with van der Waals surface area (Å²) in [6, 6.07) is 6.58. The van der Waals surface area contributed by atoms with Crippen LogP contribution in [0.25, 0.3) is 0 Å². The van der Waals surface area contributed by atoms with Gasteiger partial charge in [-0.2, -0.15) is 5.10 Å². The highest BCUT2D eigenvalue weighted by Crippen LogP contribution is 2.15. The Bertz CT molecular complexity index is 514. The Morgan fingerprint density at radius 3 is 2.83 bits per heavy atom. The Labute approximate surface area is 109 Å². The molecule has 0 atom stereocenters. The van der Waals surface area contributed by atoms with Gasteiger partial charge in [-0.3, -0.25) is 4.68 Å². The molecule has 3 heteroatoms. The number of aryl methyl sites for hydroxylation is 3. The first kappa shape index (κ1) is 12.7. The fourth-order valence-electron chi connectivity index (χ4n) is 2.11. The summed E-state index contributed by atoms with van der Waals surface area (Å²) in [5, 5.41) is 7.64. The third kappa shape index (κ3) is 3.13. The van der Waals surface area contributed by atoms with Crippen molar-refractivity contribution in [2.24, 2.45) is 7.05 Å². The second-order valence-electron chi connectivity index (χ2n) is 4.69. The molecule has 3 nitrogen and oxygen atoms in total. The average Bonchev–Trinajstić information content (AvgIpc) is 2.77. The molecule has 0 bridgehead atoms. The van der Waals surface area contributed by atoms with Gasteiger partial charge >= 0.3 is 0 Å². The summed E-state index contributed by atoms with van der Waals surface area (Å²) in [6.45, 7) is 5.30. The molecular weight excluding hydrogens is 222 g/mol. The fraction of sp³-hybridized carbons (Fsp3) is 0.400. The topological polar surface area (TPSA) is 29.9 Å². The molecule has 0 spiro atoms. The van der Waals surface area contributed by atoms with Gasteiger partial charge in [0.15, 0.2) is 0 Å². The van der Waals surface area contributed by atoms with Crippen molar-refractivity contribution >= 4 is 5.69 Å². The van der Waals surface area contributed by atoms with Crippen LogP contribution in [-0.4, -0.2) is 16.3 Å². The molecule has 0 unspecified atom stereocenters. The molecule has 1 aromatic carbocycles. The van der Waals surface area contributed by atoms with Crippen molar-refractivity contribution in [1.82, 2.24) is 9.78 Å². The van der Waals surface area contributed by atoms with Crippen LogP contribution in [0.5, 0.6) is 0 Å². The van der Waals surface area contributed by atoms with E-state index in [0.29, 0.717) is 0 Å². The van der Waals surface area contributed by atoms with Gasteiger partial charge in [0.2, 0.25) is 0 Å². The van der Waals surface area contributed by atoms with E-state index in [4.69, 9.17) is 0 Å². The van der Waals surface area contributed by atoms with Crippen molar-refractivity contribution in [2.45, 2.75) is 26.7 Å². The van der Waals surface area contributed by atoms with E-state index in [9.17, 15) is 0 Å². The highest BCUT2D eigenvalue weighted by atomic mass is 15.2. The maximum absolute atomic E-state index is 4.17. The molecule has 0 aliphatic carbocycles. The molecule has 0 aliphatic heterocycles. The zero-order valence-corrected chi connectivity index (χ0v) is 11.4. The molecule has 0 aliphatic rings. The SMILES string of the molecule is CCc1cc(NCCc2cnn(C)c2)ccc1C. The van der Waals surface area contributed by atoms with Gasteiger partial charge in [0, 0.05) is 25.5 Å². The Hall–Kier alpha value is -1.77. The molecule has 2 aromatic rings. The molecule has 0 saturated heterocycles. The van der Waals surface area contributed by atoms with Crippen molar-refractivity contribution in [3.8, 4) is 0 Å². The van der Waals surface area contributed by atoms with Crippen molar-refractivity contribution in [3.05, 3.63) is 47.3 Å². The fourth-order valence-corrected chi connectivity index (χ4v) is 2.11. The van der Waals surface area contributed by atoms with Gasteiger partial charge in [0.05, 0.1) is 6.20 Å². The molecule has 0 fully saturated rings. The Morgan fingerprint density at radius 1 is 1.33 bits per heavy atom. The lowest BCUT2D eigenvalue weighted by atomic mass is 10.1. The summed E-state index contributed by atoms with van der Waals surface area (Å²) in [7, 11) is 1.95. The van der Waals surface area contributed by atoms with Crippen LogP contribution in [0, 0.1) is 6.92 Å². The highest BCUT2D eigenvalue weighted by Gasteiger charge is 1.99. The Morgan fingerprint density at radius 2 is 2.17 bits per heavy atom. The van der Waals surface area contributed by atoms with Crippen molar-refractivity contribution < 1.29 is 0 Å². The van der Waals surface area contributed by atoms with Crippen molar-refractivity contribution in [1.29, 1.82) is 0 Å². The Balaban J connectivity index is 1.90. The predicted molar refractivity (Wildman–Crippen MR) is 76.0 cm³/mol. The first-order chi connectivity index (χ1) is 8.69. The van der Waals surface area contributed by atoms with Crippen LogP contribution in [0.15, 0.2) is 30.6 Å². The van der Waals surface area contributed by atoms with E-state index >= 15 is 0 Å². The van der Waals surface area contributed by atoms with Gasteiger partial charge in [-0.1, -0.05) is 13.0 Å². The van der Waals surface area contributed by atoms with E-state index in [-0.39, 0.29) is 0 Å². The number of aromatic nitrogens is 2. The van der Waals surface area contributed by atoms with Crippen LogP contribution in [0.2, 0.25) is 0 Å². The second-order valence-corrected chi connectivity index (χ2v) is 4.69. The van der Waals surface area contributed by atoms with Gasteiger partial charge in [-0.25, -0.2) is 0 Å². The molecule has 18 heavy (non-hydrogen) atoms. The van der Waals surface area contributed by atoms with Gasteiger partial charge in [-0.15, -0.1) is 0 Å². The van der Waals surface area contributed by atoms with Crippen LogP contribution in [0.3, 0.4) is 0 Å². The zero-order chi connectivity index (χ0) is 13.0. The quantitative estimate of drug-likeness (QED) is 0.875. The molecular formula is C15H21N3. The molecule has 2 rings (SSSR count). The summed E-state index contributed by atoms with van der Waals surface area (Å²) in [5.74, 6) is 0. The molecule has 1 N–H and O–H groups in total. The second kappa shape index (κ2) is 5.71. The number of nitrogens with one attached hydrogen (secondary N) is 1. The molecule has 1 heterocycles. The maximum Gasteiger partial charge on any atom is 0.0522 e. The summed E-state index contributed by atoms with van der Waals surface area (Å²) in [5.41, 5.74) is 5.27. The first-order valence-corrected chi connectivity index (χ1v) is 6.50. The summed E-state index contributed by atoms with van der Waals surface area (Å²) < 4.78 is 1.84. The molecule has 0 amide bonds. The van der Waals surface area contributed by atoms with E-state index in [0.717, 1.165) is 19.4 Å². The summed E-state index contributed by atoms with van der Waals surface area (Å²) in [6.07, 6.45) is 6.08. The van der Waals surface area contributed by atoms with Crippen LogP contribution >= 0.6 is 0 Å². The van der Waals surface area contributed by atoms with E-state index in [2.05, 4.69) is 48.7 Å². The highest BCUT2D eigenvalue weighted by molar-refractivity contribution is 5.48. The van der Waals surface area contributed by atoms with E-state index in [1.807, 2.05) is 17.9 Å².